The summed E-state index contributed by atoms with van der Waals surface area (Å²) in [6, 6.07) is 6.42. The van der Waals surface area contributed by atoms with E-state index < -0.39 is 0 Å². The maximum Gasteiger partial charge on any atom is 0.191 e. The lowest BCUT2D eigenvalue weighted by atomic mass is 10.1. The summed E-state index contributed by atoms with van der Waals surface area (Å²) in [6.07, 6.45) is 5.68. The number of hydrogen-bond donors (Lipinski definition) is 3. The van der Waals surface area contributed by atoms with Gasteiger partial charge in [-0.1, -0.05) is 25.1 Å². The molecular formula is C20H29N7. The number of nitrogens with zero attached hydrogens (tertiary/aromatic N) is 4. The first-order valence-corrected chi connectivity index (χ1v) is 9.67. The Morgan fingerprint density at radius 2 is 2.15 bits per heavy atom. The minimum absolute atomic E-state index is 0.739. The van der Waals surface area contributed by atoms with E-state index in [1.54, 1.807) is 6.33 Å². The van der Waals surface area contributed by atoms with Gasteiger partial charge in [-0.15, -0.1) is 10.2 Å². The molecule has 0 unspecified atom stereocenters. The fourth-order valence-corrected chi connectivity index (χ4v) is 3.23. The van der Waals surface area contributed by atoms with Gasteiger partial charge in [-0.25, -0.2) is 0 Å². The summed E-state index contributed by atoms with van der Waals surface area (Å²) in [5, 5.41) is 16.1. The van der Waals surface area contributed by atoms with Crippen LogP contribution in [-0.4, -0.2) is 45.3 Å². The van der Waals surface area contributed by atoms with Gasteiger partial charge in [0.2, 0.25) is 0 Å². The highest BCUT2D eigenvalue weighted by Gasteiger charge is 2.05. The van der Waals surface area contributed by atoms with Crippen molar-refractivity contribution < 1.29 is 0 Å². The molecule has 0 aliphatic carbocycles. The highest BCUT2D eigenvalue weighted by molar-refractivity contribution is 5.86. The standard InChI is InChI=1S/C20H29N7/c1-4-18-26-25-14-27(18)12-11-23-20(21-5-2)22-10-9-16-13-24-19-15(3)7-6-8-17(16)19/h6-8,13-14,24H,4-5,9-12H2,1-3H3,(H2,21,22,23). The van der Waals surface area contributed by atoms with E-state index in [0.717, 1.165) is 50.8 Å². The highest BCUT2D eigenvalue weighted by Crippen LogP contribution is 2.21. The monoisotopic (exact) mass is 367 g/mol. The Morgan fingerprint density at radius 1 is 1.26 bits per heavy atom. The third-order valence-corrected chi connectivity index (χ3v) is 4.66. The fourth-order valence-electron chi connectivity index (χ4n) is 3.23. The number of aromatic nitrogens is 4. The molecule has 0 saturated carbocycles. The molecule has 2 aromatic heterocycles. The summed E-state index contributed by atoms with van der Waals surface area (Å²) in [4.78, 5) is 8.11. The normalized spacial score (nSPS) is 11.9. The van der Waals surface area contributed by atoms with Crippen LogP contribution in [-0.2, 0) is 19.4 Å². The molecule has 0 atom stereocenters. The van der Waals surface area contributed by atoms with Crippen molar-refractivity contribution in [3.05, 3.63) is 47.7 Å². The van der Waals surface area contributed by atoms with E-state index in [-0.39, 0.29) is 0 Å². The van der Waals surface area contributed by atoms with Crippen molar-refractivity contribution in [3.8, 4) is 0 Å². The molecular weight excluding hydrogens is 338 g/mol. The molecule has 0 saturated heterocycles. The quantitative estimate of drug-likeness (QED) is 0.422. The van der Waals surface area contributed by atoms with Gasteiger partial charge in [0.15, 0.2) is 5.96 Å². The Bertz CT molecular complexity index is 891. The molecule has 0 spiro atoms. The predicted molar refractivity (Wildman–Crippen MR) is 110 cm³/mol. The SMILES string of the molecule is CCNC(=NCCc1c[nH]c2c(C)cccc12)NCCn1cnnc1CC. The molecule has 0 amide bonds. The first-order chi connectivity index (χ1) is 13.2. The van der Waals surface area contributed by atoms with E-state index in [1.165, 1.54) is 22.0 Å². The van der Waals surface area contributed by atoms with Crippen molar-refractivity contribution >= 4 is 16.9 Å². The van der Waals surface area contributed by atoms with Gasteiger partial charge in [0.05, 0.1) is 0 Å². The van der Waals surface area contributed by atoms with Crippen molar-refractivity contribution in [1.82, 2.24) is 30.4 Å². The number of aromatic amines is 1. The second-order valence-corrected chi connectivity index (χ2v) is 6.54. The van der Waals surface area contributed by atoms with Crippen molar-refractivity contribution in [2.75, 3.05) is 19.6 Å². The summed E-state index contributed by atoms with van der Waals surface area (Å²) >= 11 is 0. The zero-order chi connectivity index (χ0) is 19.1. The number of guanidine groups is 1. The Morgan fingerprint density at radius 3 is 2.96 bits per heavy atom. The van der Waals surface area contributed by atoms with Crippen molar-refractivity contribution in [2.24, 2.45) is 4.99 Å². The van der Waals surface area contributed by atoms with E-state index in [1.807, 2.05) is 0 Å². The van der Waals surface area contributed by atoms with Gasteiger partial charge in [0, 0.05) is 49.7 Å². The van der Waals surface area contributed by atoms with Gasteiger partial charge in [-0.3, -0.25) is 4.99 Å². The van der Waals surface area contributed by atoms with Gasteiger partial charge in [-0.2, -0.15) is 0 Å². The molecule has 144 valence electrons. The van der Waals surface area contributed by atoms with Crippen LogP contribution in [0.4, 0.5) is 0 Å². The number of rotatable bonds is 8. The van der Waals surface area contributed by atoms with E-state index in [9.17, 15) is 0 Å². The van der Waals surface area contributed by atoms with Crippen LogP contribution in [0.3, 0.4) is 0 Å². The van der Waals surface area contributed by atoms with Gasteiger partial charge in [-0.05, 0) is 31.4 Å². The van der Waals surface area contributed by atoms with Crippen LogP contribution < -0.4 is 10.6 Å². The molecule has 0 aliphatic heterocycles. The summed E-state index contributed by atoms with van der Waals surface area (Å²) in [7, 11) is 0. The summed E-state index contributed by atoms with van der Waals surface area (Å²) < 4.78 is 2.07. The lowest BCUT2D eigenvalue weighted by Gasteiger charge is -2.12. The Balaban J connectivity index is 1.56. The van der Waals surface area contributed by atoms with Gasteiger partial charge >= 0.3 is 0 Å². The van der Waals surface area contributed by atoms with Crippen LogP contribution in [0.5, 0.6) is 0 Å². The number of para-hydroxylation sites is 1. The molecule has 3 rings (SSSR count). The van der Waals surface area contributed by atoms with Crippen molar-refractivity contribution in [2.45, 2.75) is 40.2 Å². The number of fused-ring (bicyclic) bond motifs is 1. The molecule has 3 aromatic rings. The molecule has 2 heterocycles. The number of aryl methyl sites for hydroxylation is 2. The van der Waals surface area contributed by atoms with Crippen LogP contribution in [0.15, 0.2) is 35.7 Å². The summed E-state index contributed by atoms with van der Waals surface area (Å²) in [5.74, 6) is 1.85. The number of nitrogens with one attached hydrogen (secondary N) is 3. The fraction of sp³-hybridized carbons (Fsp3) is 0.450. The lowest BCUT2D eigenvalue weighted by Crippen LogP contribution is -2.39. The second-order valence-electron chi connectivity index (χ2n) is 6.54. The summed E-state index contributed by atoms with van der Waals surface area (Å²) in [6.45, 7) is 9.48. The third kappa shape index (κ3) is 4.67. The topological polar surface area (TPSA) is 82.9 Å². The zero-order valence-electron chi connectivity index (χ0n) is 16.4. The van der Waals surface area contributed by atoms with E-state index in [0.29, 0.717) is 0 Å². The molecule has 7 heteroatoms. The maximum atomic E-state index is 4.72. The van der Waals surface area contributed by atoms with Crippen molar-refractivity contribution in [1.29, 1.82) is 0 Å². The number of aliphatic imine (C=N–C) groups is 1. The highest BCUT2D eigenvalue weighted by atomic mass is 15.3. The van der Waals surface area contributed by atoms with Crippen LogP contribution >= 0.6 is 0 Å². The smallest absolute Gasteiger partial charge is 0.191 e. The molecule has 0 bridgehead atoms. The first-order valence-electron chi connectivity index (χ1n) is 9.67. The number of benzene rings is 1. The van der Waals surface area contributed by atoms with Gasteiger partial charge in [0.1, 0.15) is 12.2 Å². The molecule has 0 fully saturated rings. The average Bonchev–Trinajstić information content (AvgIpc) is 3.29. The van der Waals surface area contributed by atoms with Crippen LogP contribution in [0.1, 0.15) is 30.8 Å². The van der Waals surface area contributed by atoms with E-state index >= 15 is 0 Å². The van der Waals surface area contributed by atoms with E-state index in [4.69, 9.17) is 4.99 Å². The minimum Gasteiger partial charge on any atom is -0.361 e. The van der Waals surface area contributed by atoms with Gasteiger partial charge in [0.25, 0.3) is 0 Å². The minimum atomic E-state index is 0.739. The lowest BCUT2D eigenvalue weighted by molar-refractivity contribution is 0.632. The predicted octanol–water partition coefficient (Wildman–Crippen LogP) is 2.43. The Labute approximate surface area is 160 Å². The first kappa shape index (κ1) is 18.9. The zero-order valence-corrected chi connectivity index (χ0v) is 16.4. The van der Waals surface area contributed by atoms with Crippen LogP contribution in [0.2, 0.25) is 0 Å². The number of H-pyrrole nitrogens is 1. The third-order valence-electron chi connectivity index (χ3n) is 4.66. The molecule has 3 N–H and O–H groups in total. The largest absolute Gasteiger partial charge is 0.361 e. The Kier molecular flexibility index (Phi) is 6.46. The average molecular weight is 368 g/mol. The van der Waals surface area contributed by atoms with Crippen molar-refractivity contribution in [3.63, 3.8) is 0 Å². The molecule has 7 nitrogen and oxygen atoms in total. The van der Waals surface area contributed by atoms with E-state index in [2.05, 4.69) is 75.5 Å². The molecule has 0 aliphatic rings. The summed E-state index contributed by atoms with van der Waals surface area (Å²) in [5.41, 5.74) is 3.81. The molecule has 27 heavy (non-hydrogen) atoms. The molecule has 1 aromatic carbocycles. The Hall–Kier alpha value is -2.83. The molecule has 0 radical (unpaired) electrons. The van der Waals surface area contributed by atoms with Gasteiger partial charge < -0.3 is 20.2 Å². The number of hydrogen-bond acceptors (Lipinski definition) is 3. The van der Waals surface area contributed by atoms with Crippen LogP contribution in [0.25, 0.3) is 10.9 Å². The van der Waals surface area contributed by atoms with Crippen LogP contribution in [0, 0.1) is 6.92 Å². The maximum absolute atomic E-state index is 4.72. The second kappa shape index (κ2) is 9.21.